The highest BCUT2D eigenvalue weighted by Gasteiger charge is 2.37. The molecule has 4 aromatic rings. The van der Waals surface area contributed by atoms with Crippen molar-refractivity contribution in [3.8, 4) is 0 Å². The first-order valence-electron chi connectivity index (χ1n) is 10.6. The minimum Gasteiger partial charge on any atom is -0.350 e. The second-order valence-corrected chi connectivity index (χ2v) is 7.96. The molecule has 14 heteroatoms. The molecule has 2 aromatic heterocycles. The maximum atomic E-state index is 13.1. The SMILES string of the molecule is O=C(NCCn1ncc2c(=O)n(Cc3ccc(F)cc3)cnc21)c1cc(C(F)(F)F)cc(C(F)(F)F)c1. The lowest BCUT2D eigenvalue weighted by Crippen LogP contribution is -2.28. The summed E-state index contributed by atoms with van der Waals surface area (Å²) in [6.07, 6.45) is -7.67. The number of carbonyl (C=O) groups is 1. The van der Waals surface area contributed by atoms with Crippen LogP contribution in [-0.4, -0.2) is 31.8 Å². The van der Waals surface area contributed by atoms with Crippen LogP contribution >= 0.6 is 0 Å². The lowest BCUT2D eigenvalue weighted by molar-refractivity contribution is -0.143. The number of benzene rings is 2. The molecular formula is C23H16F7N5O2. The monoisotopic (exact) mass is 527 g/mol. The van der Waals surface area contributed by atoms with E-state index in [1.54, 1.807) is 0 Å². The van der Waals surface area contributed by atoms with E-state index in [-0.39, 0.29) is 36.7 Å². The fourth-order valence-corrected chi connectivity index (χ4v) is 3.52. The summed E-state index contributed by atoms with van der Waals surface area (Å²) in [5.74, 6) is -1.57. The largest absolute Gasteiger partial charge is 0.416 e. The molecule has 0 aliphatic heterocycles. The topological polar surface area (TPSA) is 81.8 Å². The van der Waals surface area contributed by atoms with Gasteiger partial charge in [-0.05, 0) is 35.9 Å². The normalized spacial score (nSPS) is 12.2. The van der Waals surface area contributed by atoms with Gasteiger partial charge in [0.05, 0.1) is 30.4 Å². The summed E-state index contributed by atoms with van der Waals surface area (Å²) in [6, 6.07) is 6.13. The van der Waals surface area contributed by atoms with Crippen molar-refractivity contribution < 1.29 is 35.5 Å². The minimum atomic E-state index is -5.08. The number of nitrogens with one attached hydrogen (secondary N) is 1. The molecule has 0 unspecified atom stereocenters. The van der Waals surface area contributed by atoms with Crippen LogP contribution in [-0.2, 0) is 25.4 Å². The van der Waals surface area contributed by atoms with E-state index in [1.807, 2.05) is 0 Å². The van der Waals surface area contributed by atoms with Crippen molar-refractivity contribution in [1.82, 2.24) is 24.6 Å². The van der Waals surface area contributed by atoms with Gasteiger partial charge in [-0.15, -0.1) is 0 Å². The molecule has 2 heterocycles. The Morgan fingerprint density at radius 1 is 0.946 bits per heavy atom. The van der Waals surface area contributed by atoms with Gasteiger partial charge in [-0.25, -0.2) is 14.1 Å². The molecule has 1 N–H and O–H groups in total. The van der Waals surface area contributed by atoms with E-state index < -0.39 is 46.3 Å². The van der Waals surface area contributed by atoms with Crippen LogP contribution in [0.25, 0.3) is 11.0 Å². The number of rotatable bonds is 6. The molecule has 0 saturated heterocycles. The lowest BCUT2D eigenvalue weighted by Gasteiger charge is -2.14. The fourth-order valence-electron chi connectivity index (χ4n) is 3.52. The van der Waals surface area contributed by atoms with E-state index in [4.69, 9.17) is 0 Å². The van der Waals surface area contributed by atoms with E-state index >= 15 is 0 Å². The minimum absolute atomic E-state index is 0.0683. The predicted octanol–water partition coefficient (Wildman–Crippen LogP) is 4.25. The van der Waals surface area contributed by atoms with Crippen molar-refractivity contribution in [3.05, 3.63) is 93.4 Å². The van der Waals surface area contributed by atoms with Crippen LogP contribution < -0.4 is 10.9 Å². The Bertz CT molecular complexity index is 1470. The summed E-state index contributed by atoms with van der Waals surface area (Å²) in [5.41, 5.74) is -3.64. The highest BCUT2D eigenvalue weighted by Crippen LogP contribution is 2.36. The molecule has 7 nitrogen and oxygen atoms in total. The van der Waals surface area contributed by atoms with E-state index in [9.17, 15) is 40.3 Å². The Morgan fingerprint density at radius 3 is 2.16 bits per heavy atom. The Morgan fingerprint density at radius 2 is 1.57 bits per heavy atom. The van der Waals surface area contributed by atoms with Crippen LogP contribution in [0.3, 0.4) is 0 Å². The Balaban J connectivity index is 1.48. The van der Waals surface area contributed by atoms with Gasteiger partial charge in [0.15, 0.2) is 5.65 Å². The lowest BCUT2D eigenvalue weighted by atomic mass is 10.0. The zero-order chi connectivity index (χ0) is 27.0. The molecule has 0 spiro atoms. The zero-order valence-corrected chi connectivity index (χ0v) is 18.6. The molecule has 0 atom stereocenters. The maximum absolute atomic E-state index is 13.1. The number of fused-ring (bicyclic) bond motifs is 1. The van der Waals surface area contributed by atoms with Crippen LogP contribution in [0.15, 0.2) is 59.8 Å². The number of carbonyl (C=O) groups excluding carboxylic acids is 1. The zero-order valence-electron chi connectivity index (χ0n) is 18.6. The number of hydrogen-bond acceptors (Lipinski definition) is 4. The summed E-state index contributed by atoms with van der Waals surface area (Å²) in [6.45, 7) is -0.178. The van der Waals surface area contributed by atoms with Gasteiger partial charge in [-0.2, -0.15) is 31.4 Å². The van der Waals surface area contributed by atoms with E-state index in [0.717, 1.165) is 0 Å². The molecule has 2 aromatic carbocycles. The third-order valence-corrected chi connectivity index (χ3v) is 5.35. The molecule has 0 aliphatic rings. The first kappa shape index (κ1) is 25.9. The van der Waals surface area contributed by atoms with Crippen LogP contribution in [0, 0.1) is 5.82 Å². The van der Waals surface area contributed by atoms with E-state index in [2.05, 4.69) is 15.4 Å². The first-order chi connectivity index (χ1) is 17.3. The van der Waals surface area contributed by atoms with Crippen LogP contribution in [0.2, 0.25) is 0 Å². The third kappa shape index (κ3) is 5.78. The van der Waals surface area contributed by atoms with E-state index in [0.29, 0.717) is 17.7 Å². The van der Waals surface area contributed by atoms with Crippen LogP contribution in [0.1, 0.15) is 27.0 Å². The van der Waals surface area contributed by atoms with Gasteiger partial charge in [-0.1, -0.05) is 12.1 Å². The average Bonchev–Trinajstić information content (AvgIpc) is 3.24. The number of halogens is 7. The molecule has 0 aliphatic carbocycles. The highest BCUT2D eigenvalue weighted by molar-refractivity contribution is 5.94. The van der Waals surface area contributed by atoms with Crippen molar-refractivity contribution in [2.75, 3.05) is 6.54 Å². The van der Waals surface area contributed by atoms with Crippen molar-refractivity contribution >= 4 is 16.9 Å². The van der Waals surface area contributed by atoms with Gasteiger partial charge in [0.2, 0.25) is 0 Å². The summed E-state index contributed by atoms with van der Waals surface area (Å²) in [7, 11) is 0. The summed E-state index contributed by atoms with van der Waals surface area (Å²) >= 11 is 0. The van der Waals surface area contributed by atoms with Crippen LogP contribution in [0.4, 0.5) is 30.7 Å². The second-order valence-electron chi connectivity index (χ2n) is 7.96. The standard InChI is InChI=1S/C23H16F7N5O2/c24-17-3-1-13(2-4-17)11-34-12-32-19-18(21(34)37)10-33-35(19)6-5-31-20(36)14-7-15(22(25,26)27)9-16(8-14)23(28,29)30/h1-4,7-10,12H,5-6,11H2,(H,31,36). The quantitative estimate of drug-likeness (QED) is 0.381. The van der Waals surface area contributed by atoms with Crippen molar-refractivity contribution in [2.24, 2.45) is 0 Å². The first-order valence-corrected chi connectivity index (χ1v) is 10.6. The molecule has 0 radical (unpaired) electrons. The Kier molecular flexibility index (Phi) is 6.76. The highest BCUT2D eigenvalue weighted by atomic mass is 19.4. The summed E-state index contributed by atoms with van der Waals surface area (Å²) in [4.78, 5) is 29.2. The molecule has 0 bridgehead atoms. The fraction of sp³-hybridized carbons (Fsp3) is 0.217. The Labute approximate surface area is 203 Å². The van der Waals surface area contributed by atoms with Crippen molar-refractivity contribution in [1.29, 1.82) is 0 Å². The van der Waals surface area contributed by atoms with Gasteiger partial charge in [-0.3, -0.25) is 14.2 Å². The van der Waals surface area contributed by atoms with Gasteiger partial charge in [0, 0.05) is 12.1 Å². The molecule has 0 saturated carbocycles. The number of aromatic nitrogens is 4. The van der Waals surface area contributed by atoms with Crippen molar-refractivity contribution in [2.45, 2.75) is 25.4 Å². The van der Waals surface area contributed by atoms with Gasteiger partial charge < -0.3 is 5.32 Å². The Hall–Kier alpha value is -4.23. The van der Waals surface area contributed by atoms with Gasteiger partial charge in [0.25, 0.3) is 11.5 Å². The number of alkyl halides is 6. The van der Waals surface area contributed by atoms with E-state index in [1.165, 1.54) is 46.0 Å². The molecule has 37 heavy (non-hydrogen) atoms. The second kappa shape index (κ2) is 9.67. The smallest absolute Gasteiger partial charge is 0.350 e. The molecule has 1 amide bonds. The number of amides is 1. The number of nitrogens with zero attached hydrogens (tertiary/aromatic N) is 4. The maximum Gasteiger partial charge on any atom is 0.416 e. The summed E-state index contributed by atoms with van der Waals surface area (Å²) in [5, 5.41) is 6.41. The van der Waals surface area contributed by atoms with Gasteiger partial charge in [0.1, 0.15) is 17.5 Å². The number of hydrogen-bond donors (Lipinski definition) is 1. The molecule has 4 rings (SSSR count). The van der Waals surface area contributed by atoms with Crippen molar-refractivity contribution in [3.63, 3.8) is 0 Å². The molecule has 0 fully saturated rings. The summed E-state index contributed by atoms with van der Waals surface area (Å²) < 4.78 is 93.8. The molecule has 194 valence electrons. The van der Waals surface area contributed by atoms with Crippen LogP contribution in [0.5, 0.6) is 0 Å². The third-order valence-electron chi connectivity index (χ3n) is 5.35. The van der Waals surface area contributed by atoms with Gasteiger partial charge >= 0.3 is 12.4 Å². The molecular weight excluding hydrogens is 511 g/mol. The predicted molar refractivity (Wildman–Crippen MR) is 116 cm³/mol. The average molecular weight is 527 g/mol.